The number of allylic oxidation sites excluding steroid dienone is 1. The minimum absolute atomic E-state index is 0.442. The highest BCUT2D eigenvalue weighted by Gasteiger charge is 2.58. The Kier molecular flexibility index (Phi) is 1.77. The zero-order valence-corrected chi connectivity index (χ0v) is 9.82. The van der Waals surface area contributed by atoms with Gasteiger partial charge in [-0.3, -0.25) is 4.79 Å². The molecule has 0 aromatic rings. The molecule has 4 aliphatic rings. The number of carbonyl (C=O) groups excluding carboxylic acids is 1. The zero-order valence-electron chi connectivity index (χ0n) is 9.82. The van der Waals surface area contributed by atoms with Crippen molar-refractivity contribution in [3.8, 4) is 0 Å². The van der Waals surface area contributed by atoms with Gasteiger partial charge in [0.2, 0.25) is 0 Å². The summed E-state index contributed by atoms with van der Waals surface area (Å²) < 4.78 is 0. The van der Waals surface area contributed by atoms with Gasteiger partial charge in [0.1, 0.15) is 5.78 Å². The molecule has 86 valence electrons. The van der Waals surface area contributed by atoms with E-state index in [2.05, 4.69) is 6.58 Å². The molecule has 2 bridgehead atoms. The maximum absolute atomic E-state index is 12.4. The van der Waals surface area contributed by atoms with Gasteiger partial charge in [-0.25, -0.2) is 0 Å². The summed E-state index contributed by atoms with van der Waals surface area (Å²) in [6.45, 7) is 4.27. The summed E-state index contributed by atoms with van der Waals surface area (Å²) in [5.74, 6) is 4.67. The average Bonchev–Trinajstić information content (AvgIpc) is 2.90. The van der Waals surface area contributed by atoms with Crippen molar-refractivity contribution in [3.63, 3.8) is 0 Å². The predicted molar refractivity (Wildman–Crippen MR) is 62.8 cm³/mol. The van der Waals surface area contributed by atoms with Crippen LogP contribution in [0.1, 0.15) is 38.5 Å². The molecular weight excluding hydrogens is 196 g/mol. The molecule has 0 aromatic heterocycles. The molecule has 4 saturated carbocycles. The quantitative estimate of drug-likeness (QED) is 0.568. The predicted octanol–water partition coefficient (Wildman–Crippen LogP) is 3.20. The molecular formula is C15H20O. The Morgan fingerprint density at radius 3 is 2.81 bits per heavy atom. The summed E-state index contributed by atoms with van der Waals surface area (Å²) in [6, 6.07) is 0. The first-order valence-electron chi connectivity index (χ1n) is 6.97. The molecule has 0 heterocycles. The summed E-state index contributed by atoms with van der Waals surface area (Å²) in [5, 5.41) is 0. The minimum Gasteiger partial charge on any atom is -0.299 e. The van der Waals surface area contributed by atoms with Crippen molar-refractivity contribution < 1.29 is 4.79 Å². The number of fused-ring (bicyclic) bond motifs is 1. The number of hydrogen-bond acceptors (Lipinski definition) is 1. The van der Waals surface area contributed by atoms with Gasteiger partial charge in [-0.15, -0.1) is 0 Å². The molecule has 0 spiro atoms. The fraction of sp³-hybridized carbons (Fsp3) is 0.800. The van der Waals surface area contributed by atoms with Gasteiger partial charge in [0.15, 0.2) is 0 Å². The Labute approximate surface area is 97.3 Å². The van der Waals surface area contributed by atoms with Crippen LogP contribution >= 0.6 is 0 Å². The molecule has 0 saturated heterocycles. The summed E-state index contributed by atoms with van der Waals surface area (Å²) >= 11 is 0. The molecule has 4 aliphatic carbocycles. The number of hydrogen-bond donors (Lipinski definition) is 0. The van der Waals surface area contributed by atoms with Crippen LogP contribution < -0.4 is 0 Å². The van der Waals surface area contributed by atoms with Crippen LogP contribution in [-0.4, -0.2) is 5.78 Å². The second-order valence-corrected chi connectivity index (χ2v) is 6.56. The Morgan fingerprint density at radius 1 is 1.06 bits per heavy atom. The van der Waals surface area contributed by atoms with Crippen LogP contribution in [0.5, 0.6) is 0 Å². The highest BCUT2D eigenvalue weighted by molar-refractivity contribution is 5.87. The number of Topliss-reactive ketones (excluding diaryl/α,β-unsaturated/α-hetero) is 1. The molecule has 4 fully saturated rings. The van der Waals surface area contributed by atoms with Crippen molar-refractivity contribution in [1.29, 1.82) is 0 Å². The number of rotatable bonds is 0. The third-order valence-electron chi connectivity index (χ3n) is 6.11. The molecule has 1 heteroatoms. The van der Waals surface area contributed by atoms with Gasteiger partial charge in [0.25, 0.3) is 0 Å². The lowest BCUT2D eigenvalue weighted by Gasteiger charge is -2.28. The fourth-order valence-electron chi connectivity index (χ4n) is 5.43. The molecule has 0 radical (unpaired) electrons. The molecule has 0 aromatic carbocycles. The van der Waals surface area contributed by atoms with Gasteiger partial charge < -0.3 is 0 Å². The maximum Gasteiger partial charge on any atom is 0.139 e. The van der Waals surface area contributed by atoms with E-state index in [9.17, 15) is 4.79 Å². The van der Waals surface area contributed by atoms with Crippen molar-refractivity contribution in [2.24, 2.45) is 35.5 Å². The Hall–Kier alpha value is -0.590. The van der Waals surface area contributed by atoms with Crippen molar-refractivity contribution in [1.82, 2.24) is 0 Å². The summed E-state index contributed by atoms with van der Waals surface area (Å²) in [6.07, 6.45) is 7.55. The van der Waals surface area contributed by atoms with E-state index in [1.54, 1.807) is 0 Å². The maximum atomic E-state index is 12.4. The second kappa shape index (κ2) is 3.00. The van der Waals surface area contributed by atoms with Crippen molar-refractivity contribution in [2.45, 2.75) is 38.5 Å². The summed E-state index contributed by atoms with van der Waals surface area (Å²) in [4.78, 5) is 12.4. The van der Waals surface area contributed by atoms with E-state index in [1.807, 2.05) is 0 Å². The van der Waals surface area contributed by atoms with Gasteiger partial charge >= 0.3 is 0 Å². The van der Waals surface area contributed by atoms with Gasteiger partial charge in [0, 0.05) is 11.8 Å². The van der Waals surface area contributed by atoms with E-state index in [1.165, 1.54) is 37.7 Å². The van der Waals surface area contributed by atoms with Crippen LogP contribution in [0.4, 0.5) is 0 Å². The largest absolute Gasteiger partial charge is 0.299 e. The molecule has 4 rings (SSSR count). The Morgan fingerprint density at radius 2 is 1.94 bits per heavy atom. The van der Waals surface area contributed by atoms with E-state index in [-0.39, 0.29) is 0 Å². The molecule has 1 nitrogen and oxygen atoms in total. The summed E-state index contributed by atoms with van der Waals surface area (Å²) in [5.41, 5.74) is 1.46. The van der Waals surface area contributed by atoms with Crippen molar-refractivity contribution >= 4 is 5.78 Å². The van der Waals surface area contributed by atoms with Crippen LogP contribution in [0.2, 0.25) is 0 Å². The highest BCUT2D eigenvalue weighted by Crippen LogP contribution is 2.61. The first-order chi connectivity index (χ1) is 7.75. The van der Waals surface area contributed by atoms with Gasteiger partial charge in [-0.05, 0) is 62.2 Å². The van der Waals surface area contributed by atoms with E-state index in [0.717, 1.165) is 24.2 Å². The molecule has 0 N–H and O–H groups in total. The topological polar surface area (TPSA) is 17.1 Å². The van der Waals surface area contributed by atoms with Crippen LogP contribution in [0.3, 0.4) is 0 Å². The molecule has 6 unspecified atom stereocenters. The first-order valence-corrected chi connectivity index (χ1v) is 6.97. The standard InChI is InChI=1S/C15H20O/c1-8-2-3-9-4-5-11-14(9)12-6-10(8)7-13(12)15(11)16/h9-14H,1-7H2. The average molecular weight is 216 g/mol. The van der Waals surface area contributed by atoms with Gasteiger partial charge in [0.05, 0.1) is 0 Å². The lowest BCUT2D eigenvalue weighted by atomic mass is 9.76. The third-order valence-corrected chi connectivity index (χ3v) is 6.11. The van der Waals surface area contributed by atoms with Crippen LogP contribution in [0, 0.1) is 35.5 Å². The van der Waals surface area contributed by atoms with E-state index in [0.29, 0.717) is 23.5 Å². The third kappa shape index (κ3) is 1.00. The molecule has 16 heavy (non-hydrogen) atoms. The van der Waals surface area contributed by atoms with E-state index in [4.69, 9.17) is 0 Å². The number of carbonyl (C=O) groups is 1. The molecule has 6 atom stereocenters. The lowest BCUT2D eigenvalue weighted by Crippen LogP contribution is -2.21. The Balaban J connectivity index is 1.78. The monoisotopic (exact) mass is 216 g/mol. The smallest absolute Gasteiger partial charge is 0.139 e. The highest BCUT2D eigenvalue weighted by atomic mass is 16.1. The van der Waals surface area contributed by atoms with Crippen LogP contribution in [-0.2, 0) is 4.79 Å². The number of ketones is 1. The van der Waals surface area contributed by atoms with Crippen LogP contribution in [0.25, 0.3) is 0 Å². The van der Waals surface area contributed by atoms with E-state index < -0.39 is 0 Å². The second-order valence-electron chi connectivity index (χ2n) is 6.56. The minimum atomic E-state index is 0.442. The first kappa shape index (κ1) is 9.44. The van der Waals surface area contributed by atoms with Crippen molar-refractivity contribution in [3.05, 3.63) is 12.2 Å². The normalized spacial score (nSPS) is 54.2. The molecule has 0 amide bonds. The molecule has 0 aliphatic heterocycles. The zero-order chi connectivity index (χ0) is 10.9. The fourth-order valence-corrected chi connectivity index (χ4v) is 5.43. The lowest BCUT2D eigenvalue weighted by molar-refractivity contribution is -0.124. The summed E-state index contributed by atoms with van der Waals surface area (Å²) in [7, 11) is 0. The van der Waals surface area contributed by atoms with Crippen LogP contribution in [0.15, 0.2) is 12.2 Å². The Bertz CT molecular complexity index is 370. The SMILES string of the molecule is C=C1CCC2CCC3C(=O)C4CC1CC4C23. The van der Waals surface area contributed by atoms with Crippen molar-refractivity contribution in [2.75, 3.05) is 0 Å². The van der Waals surface area contributed by atoms with Gasteiger partial charge in [-0.2, -0.15) is 0 Å². The van der Waals surface area contributed by atoms with Gasteiger partial charge in [-0.1, -0.05) is 12.2 Å². The van der Waals surface area contributed by atoms with E-state index >= 15 is 0 Å².